The van der Waals surface area contributed by atoms with Crippen molar-refractivity contribution in [2.24, 2.45) is 7.05 Å². The fourth-order valence-electron chi connectivity index (χ4n) is 2.04. The van der Waals surface area contributed by atoms with Crippen LogP contribution in [0.4, 0.5) is 0 Å². The minimum Gasteiger partial charge on any atom is -0.495 e. The van der Waals surface area contributed by atoms with E-state index in [1.165, 1.54) is 7.11 Å². The molecule has 0 saturated carbocycles. The van der Waals surface area contributed by atoms with E-state index in [0.29, 0.717) is 5.69 Å². The van der Waals surface area contributed by atoms with Crippen LogP contribution < -0.4 is 4.74 Å². The van der Waals surface area contributed by atoms with Gasteiger partial charge in [0.25, 0.3) is 0 Å². The number of ether oxygens (including phenoxy) is 2. The average molecular weight is 233 g/mol. The van der Waals surface area contributed by atoms with E-state index < -0.39 is 0 Å². The quantitative estimate of drug-likeness (QED) is 0.747. The Morgan fingerprint density at radius 3 is 2.59 bits per heavy atom. The molecule has 0 bridgehead atoms. The molecule has 0 N–H and O–H groups in total. The van der Waals surface area contributed by atoms with Crippen LogP contribution in [0.2, 0.25) is 0 Å². The normalized spacial score (nSPS) is 10.6. The second kappa shape index (κ2) is 4.13. The second-order valence-electron chi connectivity index (χ2n) is 3.93. The first-order chi connectivity index (χ1) is 8.10. The van der Waals surface area contributed by atoms with Crippen molar-refractivity contribution in [3.63, 3.8) is 0 Å². The van der Waals surface area contributed by atoms with Crippen LogP contribution in [0.3, 0.4) is 0 Å². The minimum atomic E-state index is -0.342. The van der Waals surface area contributed by atoms with Crippen LogP contribution in [0.1, 0.15) is 16.1 Å². The van der Waals surface area contributed by atoms with Crippen molar-refractivity contribution in [3.05, 3.63) is 29.5 Å². The van der Waals surface area contributed by atoms with E-state index in [9.17, 15) is 4.79 Å². The van der Waals surface area contributed by atoms with Gasteiger partial charge in [0.15, 0.2) is 0 Å². The molecular formula is C13H15NO3. The van der Waals surface area contributed by atoms with Gasteiger partial charge < -0.3 is 14.0 Å². The molecule has 0 aliphatic heterocycles. The van der Waals surface area contributed by atoms with Gasteiger partial charge >= 0.3 is 5.97 Å². The first kappa shape index (κ1) is 11.5. The van der Waals surface area contributed by atoms with Crippen molar-refractivity contribution >= 4 is 16.9 Å². The van der Waals surface area contributed by atoms with Crippen LogP contribution >= 0.6 is 0 Å². The van der Waals surface area contributed by atoms with E-state index in [0.717, 1.165) is 22.2 Å². The lowest BCUT2D eigenvalue weighted by molar-refractivity contribution is 0.0590. The van der Waals surface area contributed by atoms with Crippen molar-refractivity contribution in [2.45, 2.75) is 6.92 Å². The largest absolute Gasteiger partial charge is 0.495 e. The molecule has 2 rings (SSSR count). The molecule has 0 aliphatic rings. The Balaban J connectivity index is 2.81. The number of esters is 1. The lowest BCUT2D eigenvalue weighted by Crippen LogP contribution is -2.07. The van der Waals surface area contributed by atoms with Crippen molar-refractivity contribution in [3.8, 4) is 5.75 Å². The zero-order valence-electron chi connectivity index (χ0n) is 10.4. The zero-order chi connectivity index (χ0) is 12.6. The van der Waals surface area contributed by atoms with Crippen molar-refractivity contribution in [2.75, 3.05) is 14.2 Å². The lowest BCUT2D eigenvalue weighted by Gasteiger charge is -2.07. The number of benzene rings is 1. The summed E-state index contributed by atoms with van der Waals surface area (Å²) in [5, 5.41) is 1.01. The third kappa shape index (κ3) is 1.65. The van der Waals surface area contributed by atoms with E-state index in [1.54, 1.807) is 11.7 Å². The maximum absolute atomic E-state index is 11.6. The summed E-state index contributed by atoms with van der Waals surface area (Å²) < 4.78 is 11.9. The van der Waals surface area contributed by atoms with Gasteiger partial charge in [-0.2, -0.15) is 0 Å². The van der Waals surface area contributed by atoms with Gasteiger partial charge in [-0.25, -0.2) is 4.79 Å². The van der Waals surface area contributed by atoms with Crippen LogP contribution in [-0.2, 0) is 11.8 Å². The third-order valence-corrected chi connectivity index (χ3v) is 2.99. The molecule has 0 unspecified atom stereocenters. The second-order valence-corrected chi connectivity index (χ2v) is 3.93. The standard InChI is InChI=1S/C13H15NO3/c1-8-5-6-11(16-3)12-9(8)7-10(14(12)2)13(15)17-4/h5-7H,1-4H3. The molecule has 2 aromatic rings. The molecule has 1 aromatic heterocycles. The Kier molecular flexibility index (Phi) is 2.79. The highest BCUT2D eigenvalue weighted by molar-refractivity contribution is 5.98. The van der Waals surface area contributed by atoms with Crippen LogP contribution in [-0.4, -0.2) is 24.8 Å². The topological polar surface area (TPSA) is 40.5 Å². The van der Waals surface area contributed by atoms with E-state index in [4.69, 9.17) is 9.47 Å². The van der Waals surface area contributed by atoms with E-state index in [2.05, 4.69) is 0 Å². The van der Waals surface area contributed by atoms with Crippen molar-refractivity contribution < 1.29 is 14.3 Å². The van der Waals surface area contributed by atoms with Gasteiger partial charge in [-0.1, -0.05) is 6.07 Å². The SMILES string of the molecule is COC(=O)c1cc2c(C)ccc(OC)c2n1C. The highest BCUT2D eigenvalue weighted by Crippen LogP contribution is 2.30. The Hall–Kier alpha value is -1.97. The van der Waals surface area contributed by atoms with E-state index >= 15 is 0 Å². The predicted octanol–water partition coefficient (Wildman–Crippen LogP) is 2.28. The van der Waals surface area contributed by atoms with Gasteiger partial charge in [-0.3, -0.25) is 0 Å². The summed E-state index contributed by atoms with van der Waals surface area (Å²) in [5.74, 6) is 0.411. The Bertz CT molecular complexity index is 584. The smallest absolute Gasteiger partial charge is 0.354 e. The monoisotopic (exact) mass is 233 g/mol. The third-order valence-electron chi connectivity index (χ3n) is 2.99. The van der Waals surface area contributed by atoms with Crippen LogP contribution in [0.15, 0.2) is 18.2 Å². The number of carbonyl (C=O) groups is 1. The molecule has 0 radical (unpaired) electrons. The Morgan fingerprint density at radius 2 is 2.00 bits per heavy atom. The number of fused-ring (bicyclic) bond motifs is 1. The van der Waals surface area contributed by atoms with Crippen molar-refractivity contribution in [1.82, 2.24) is 4.57 Å². The van der Waals surface area contributed by atoms with Gasteiger partial charge in [-0.15, -0.1) is 0 Å². The Labute approximate surface area is 99.7 Å². The summed E-state index contributed by atoms with van der Waals surface area (Å²) in [6.45, 7) is 2.00. The zero-order valence-corrected chi connectivity index (χ0v) is 10.4. The molecule has 4 nitrogen and oxygen atoms in total. The minimum absolute atomic E-state index is 0.342. The fraction of sp³-hybridized carbons (Fsp3) is 0.308. The molecule has 0 fully saturated rings. The summed E-state index contributed by atoms with van der Waals surface area (Å²) in [6.07, 6.45) is 0. The predicted molar refractivity (Wildman–Crippen MR) is 65.5 cm³/mol. The number of hydrogen-bond donors (Lipinski definition) is 0. The molecule has 0 spiro atoms. The summed E-state index contributed by atoms with van der Waals surface area (Å²) in [4.78, 5) is 11.6. The van der Waals surface area contributed by atoms with E-state index in [-0.39, 0.29) is 5.97 Å². The highest BCUT2D eigenvalue weighted by Gasteiger charge is 2.17. The number of carbonyl (C=O) groups excluding carboxylic acids is 1. The Morgan fingerprint density at radius 1 is 1.29 bits per heavy atom. The molecule has 1 heterocycles. The average Bonchev–Trinajstić information content (AvgIpc) is 2.69. The van der Waals surface area contributed by atoms with E-state index in [1.807, 2.05) is 32.2 Å². The molecule has 1 aromatic carbocycles. The fourth-order valence-corrected chi connectivity index (χ4v) is 2.04. The maximum atomic E-state index is 11.6. The number of nitrogens with zero attached hydrogens (tertiary/aromatic N) is 1. The van der Waals surface area contributed by atoms with Gasteiger partial charge in [0.2, 0.25) is 0 Å². The first-order valence-corrected chi connectivity index (χ1v) is 5.31. The molecule has 17 heavy (non-hydrogen) atoms. The molecule has 0 saturated heterocycles. The van der Waals surface area contributed by atoms with Gasteiger partial charge in [-0.05, 0) is 24.6 Å². The van der Waals surface area contributed by atoms with Crippen LogP contribution in [0.25, 0.3) is 10.9 Å². The van der Waals surface area contributed by atoms with Gasteiger partial charge in [0.1, 0.15) is 11.4 Å². The highest BCUT2D eigenvalue weighted by atomic mass is 16.5. The molecule has 0 aliphatic carbocycles. The number of hydrogen-bond acceptors (Lipinski definition) is 3. The summed E-state index contributed by atoms with van der Waals surface area (Å²) in [7, 11) is 4.83. The number of rotatable bonds is 2. The van der Waals surface area contributed by atoms with Crippen LogP contribution in [0.5, 0.6) is 5.75 Å². The van der Waals surface area contributed by atoms with Gasteiger partial charge in [0.05, 0.1) is 19.7 Å². The first-order valence-electron chi connectivity index (χ1n) is 5.31. The molecule has 0 atom stereocenters. The summed E-state index contributed by atoms with van der Waals surface area (Å²) in [6, 6.07) is 5.71. The molecular weight excluding hydrogens is 218 g/mol. The number of aryl methyl sites for hydroxylation is 2. The molecule has 90 valence electrons. The number of aromatic nitrogens is 1. The molecule has 4 heteroatoms. The maximum Gasteiger partial charge on any atom is 0.354 e. The van der Waals surface area contributed by atoms with Crippen molar-refractivity contribution in [1.29, 1.82) is 0 Å². The number of methoxy groups -OCH3 is 2. The van der Waals surface area contributed by atoms with Gasteiger partial charge in [0, 0.05) is 12.4 Å². The lowest BCUT2D eigenvalue weighted by atomic mass is 10.1. The summed E-state index contributed by atoms with van der Waals surface area (Å²) in [5.41, 5.74) is 2.54. The molecule has 0 amide bonds. The summed E-state index contributed by atoms with van der Waals surface area (Å²) >= 11 is 0. The van der Waals surface area contributed by atoms with Crippen LogP contribution in [0, 0.1) is 6.92 Å².